The molecule has 0 saturated carbocycles. The second-order valence-corrected chi connectivity index (χ2v) is 7.60. The first-order valence-electron chi connectivity index (χ1n) is 7.51. The highest BCUT2D eigenvalue weighted by atomic mass is 16.5. The first kappa shape index (κ1) is 16.4. The Kier molecular flexibility index (Phi) is 4.23. The van der Waals surface area contributed by atoms with Gasteiger partial charge in [-0.05, 0) is 23.6 Å². The van der Waals surface area contributed by atoms with E-state index in [0.717, 1.165) is 10.9 Å². The number of nitrogens with zero attached hydrogens (tertiary/aromatic N) is 2. The number of carbonyl (C=O) groups is 1. The van der Waals surface area contributed by atoms with Crippen molar-refractivity contribution >= 4 is 16.8 Å². The molecule has 118 valence electrons. The van der Waals surface area contributed by atoms with E-state index in [1.807, 2.05) is 39.0 Å². The lowest BCUT2D eigenvalue weighted by molar-refractivity contribution is -0.128. The molecule has 4 heteroatoms. The number of hydrogen-bond acceptors (Lipinski definition) is 4. The van der Waals surface area contributed by atoms with Crippen molar-refractivity contribution in [3.05, 3.63) is 30.0 Å². The van der Waals surface area contributed by atoms with E-state index in [1.165, 1.54) is 0 Å². The van der Waals surface area contributed by atoms with Gasteiger partial charge < -0.3 is 4.74 Å². The fourth-order valence-electron chi connectivity index (χ4n) is 1.99. The maximum atomic E-state index is 12.1. The van der Waals surface area contributed by atoms with Gasteiger partial charge in [-0.2, -0.15) is 4.98 Å². The highest BCUT2D eigenvalue weighted by Gasteiger charge is 2.25. The standard InChI is InChI=1S/C18H24N2O2/c1-17(2,3)13-10-12-8-7-9-19-15(12)20-16(13)22-11-14(21)18(4,5)6/h7-10H,11H2,1-6H3. The van der Waals surface area contributed by atoms with Crippen LogP contribution < -0.4 is 4.74 Å². The summed E-state index contributed by atoms with van der Waals surface area (Å²) in [6.07, 6.45) is 1.70. The van der Waals surface area contributed by atoms with Gasteiger partial charge in [0.25, 0.3) is 0 Å². The minimum Gasteiger partial charge on any atom is -0.469 e. The summed E-state index contributed by atoms with van der Waals surface area (Å²) in [5.74, 6) is 0.548. The lowest BCUT2D eigenvalue weighted by Gasteiger charge is -2.23. The van der Waals surface area contributed by atoms with Crippen LogP contribution in [0.2, 0.25) is 0 Å². The van der Waals surface area contributed by atoms with Crippen LogP contribution in [0.4, 0.5) is 0 Å². The van der Waals surface area contributed by atoms with Crippen LogP contribution in [0, 0.1) is 5.41 Å². The van der Waals surface area contributed by atoms with Gasteiger partial charge in [0.05, 0.1) is 0 Å². The molecule has 0 atom stereocenters. The smallest absolute Gasteiger partial charge is 0.219 e. The summed E-state index contributed by atoms with van der Waals surface area (Å²) in [6.45, 7) is 12.0. The lowest BCUT2D eigenvalue weighted by Crippen LogP contribution is -2.27. The molecule has 0 radical (unpaired) electrons. The maximum Gasteiger partial charge on any atom is 0.219 e. The van der Waals surface area contributed by atoms with E-state index in [2.05, 4.69) is 30.7 Å². The van der Waals surface area contributed by atoms with Gasteiger partial charge in [-0.3, -0.25) is 4.79 Å². The van der Waals surface area contributed by atoms with E-state index in [-0.39, 0.29) is 17.8 Å². The van der Waals surface area contributed by atoms with Crippen LogP contribution in [-0.2, 0) is 10.2 Å². The quantitative estimate of drug-likeness (QED) is 0.862. The Hall–Kier alpha value is -1.97. The normalized spacial score (nSPS) is 12.5. The zero-order valence-corrected chi connectivity index (χ0v) is 14.2. The molecule has 0 aliphatic carbocycles. The van der Waals surface area contributed by atoms with Gasteiger partial charge in [0.1, 0.15) is 6.61 Å². The number of Topliss-reactive ketones (excluding diaryl/α,β-unsaturated/α-hetero) is 1. The second kappa shape index (κ2) is 5.67. The number of rotatable bonds is 3. The van der Waals surface area contributed by atoms with Gasteiger partial charge in [0, 0.05) is 22.6 Å². The Balaban J connectivity index is 2.40. The monoisotopic (exact) mass is 300 g/mol. The average molecular weight is 300 g/mol. The second-order valence-electron chi connectivity index (χ2n) is 7.60. The molecule has 0 N–H and O–H groups in total. The molecule has 0 bridgehead atoms. The molecule has 2 aromatic rings. The predicted octanol–water partition coefficient (Wildman–Crippen LogP) is 3.92. The molecule has 0 aliphatic rings. The van der Waals surface area contributed by atoms with E-state index in [0.29, 0.717) is 11.5 Å². The van der Waals surface area contributed by atoms with Gasteiger partial charge in [-0.25, -0.2) is 4.98 Å². The summed E-state index contributed by atoms with van der Waals surface area (Å²) in [6, 6.07) is 5.92. The van der Waals surface area contributed by atoms with Crippen LogP contribution in [0.3, 0.4) is 0 Å². The molecular formula is C18H24N2O2. The van der Waals surface area contributed by atoms with Crippen LogP contribution in [-0.4, -0.2) is 22.4 Å². The molecule has 0 fully saturated rings. The summed E-state index contributed by atoms with van der Waals surface area (Å²) >= 11 is 0. The third kappa shape index (κ3) is 3.62. The van der Waals surface area contributed by atoms with E-state index in [9.17, 15) is 4.79 Å². The zero-order valence-electron chi connectivity index (χ0n) is 14.2. The van der Waals surface area contributed by atoms with Gasteiger partial charge in [-0.15, -0.1) is 0 Å². The van der Waals surface area contributed by atoms with E-state index in [1.54, 1.807) is 6.20 Å². The first-order chi connectivity index (χ1) is 10.1. The molecule has 4 nitrogen and oxygen atoms in total. The number of fused-ring (bicyclic) bond motifs is 1. The highest BCUT2D eigenvalue weighted by Crippen LogP contribution is 2.32. The van der Waals surface area contributed by atoms with Crippen LogP contribution >= 0.6 is 0 Å². The fraction of sp³-hybridized carbons (Fsp3) is 0.500. The Morgan fingerprint density at radius 2 is 1.86 bits per heavy atom. The topological polar surface area (TPSA) is 52.1 Å². The predicted molar refractivity (Wildman–Crippen MR) is 88.2 cm³/mol. The number of pyridine rings is 2. The van der Waals surface area contributed by atoms with Gasteiger partial charge >= 0.3 is 0 Å². The van der Waals surface area contributed by atoms with Gasteiger partial charge in [-0.1, -0.05) is 41.5 Å². The molecule has 0 amide bonds. The summed E-state index contributed by atoms with van der Waals surface area (Å²) < 4.78 is 5.76. The van der Waals surface area contributed by atoms with E-state index >= 15 is 0 Å². The molecule has 2 aromatic heterocycles. The molecule has 22 heavy (non-hydrogen) atoms. The third-order valence-corrected chi connectivity index (χ3v) is 3.54. The minimum absolute atomic E-state index is 0.0257. The highest BCUT2D eigenvalue weighted by molar-refractivity contribution is 5.85. The number of hydrogen-bond donors (Lipinski definition) is 0. The molecule has 0 unspecified atom stereocenters. The summed E-state index contributed by atoms with van der Waals surface area (Å²) in [5, 5.41) is 0.974. The maximum absolute atomic E-state index is 12.1. The minimum atomic E-state index is -0.420. The van der Waals surface area contributed by atoms with E-state index in [4.69, 9.17) is 4.74 Å². The van der Waals surface area contributed by atoms with Crippen molar-refractivity contribution in [2.75, 3.05) is 6.61 Å². The van der Waals surface area contributed by atoms with Crippen LogP contribution in [0.5, 0.6) is 5.88 Å². The van der Waals surface area contributed by atoms with Crippen molar-refractivity contribution in [3.63, 3.8) is 0 Å². The zero-order chi connectivity index (χ0) is 16.5. The number of ether oxygens (including phenoxy) is 1. The van der Waals surface area contributed by atoms with Crippen molar-refractivity contribution < 1.29 is 9.53 Å². The molecular weight excluding hydrogens is 276 g/mol. The Morgan fingerprint density at radius 1 is 1.18 bits per heavy atom. The number of ketones is 1. The summed E-state index contributed by atoms with van der Waals surface area (Å²) in [7, 11) is 0. The van der Waals surface area contributed by atoms with Crippen molar-refractivity contribution in [3.8, 4) is 5.88 Å². The van der Waals surface area contributed by atoms with Crippen LogP contribution in [0.15, 0.2) is 24.4 Å². The third-order valence-electron chi connectivity index (χ3n) is 3.54. The van der Waals surface area contributed by atoms with E-state index < -0.39 is 5.41 Å². The molecule has 0 aromatic carbocycles. The number of aromatic nitrogens is 2. The fourth-order valence-corrected chi connectivity index (χ4v) is 1.99. The Morgan fingerprint density at radius 3 is 2.45 bits per heavy atom. The summed E-state index contributed by atoms with van der Waals surface area (Å²) in [5.41, 5.74) is 1.07. The molecule has 2 heterocycles. The van der Waals surface area contributed by atoms with Crippen molar-refractivity contribution in [1.82, 2.24) is 9.97 Å². The van der Waals surface area contributed by atoms with Gasteiger partial charge in [0.15, 0.2) is 11.4 Å². The molecule has 0 spiro atoms. The first-order valence-corrected chi connectivity index (χ1v) is 7.51. The van der Waals surface area contributed by atoms with Gasteiger partial charge in [0.2, 0.25) is 5.88 Å². The van der Waals surface area contributed by atoms with Crippen LogP contribution in [0.25, 0.3) is 11.0 Å². The summed E-state index contributed by atoms with van der Waals surface area (Å²) in [4.78, 5) is 20.9. The number of carbonyl (C=O) groups excluding carboxylic acids is 1. The molecule has 2 rings (SSSR count). The largest absolute Gasteiger partial charge is 0.469 e. The Bertz CT molecular complexity index is 694. The van der Waals surface area contributed by atoms with Crippen molar-refractivity contribution in [2.24, 2.45) is 5.41 Å². The molecule has 0 aliphatic heterocycles. The average Bonchev–Trinajstić information content (AvgIpc) is 2.41. The van der Waals surface area contributed by atoms with Crippen molar-refractivity contribution in [2.45, 2.75) is 47.0 Å². The Labute approximate surface area is 131 Å². The SMILES string of the molecule is CC(C)(C)C(=O)COc1nc2ncccc2cc1C(C)(C)C. The van der Waals surface area contributed by atoms with Crippen LogP contribution in [0.1, 0.15) is 47.1 Å². The lowest BCUT2D eigenvalue weighted by atomic mass is 9.87. The van der Waals surface area contributed by atoms with Crippen molar-refractivity contribution in [1.29, 1.82) is 0 Å². The molecule has 0 saturated heterocycles.